The minimum absolute atomic E-state index is 0.00226. The second kappa shape index (κ2) is 7.76. The van der Waals surface area contributed by atoms with E-state index >= 15 is 0 Å². The highest BCUT2D eigenvalue weighted by Crippen LogP contribution is 2.16. The topological polar surface area (TPSA) is 110 Å². The summed E-state index contributed by atoms with van der Waals surface area (Å²) in [7, 11) is -3.68. The number of primary sulfonamides is 1. The second-order valence-electron chi connectivity index (χ2n) is 6.03. The van der Waals surface area contributed by atoms with Gasteiger partial charge in [-0.05, 0) is 37.0 Å². The summed E-state index contributed by atoms with van der Waals surface area (Å²) in [6.45, 7) is 3.18. The molecule has 1 fully saturated rings. The molecule has 7 nitrogen and oxygen atoms in total. The fourth-order valence-corrected chi connectivity index (χ4v) is 3.31. The number of hydrogen-bond donors (Lipinski definition) is 2. The van der Waals surface area contributed by atoms with E-state index in [1.54, 1.807) is 17.0 Å². The molecule has 1 aromatic rings. The van der Waals surface area contributed by atoms with Crippen LogP contribution in [0.4, 0.5) is 0 Å². The number of piperidine rings is 1. The molecule has 2 amide bonds. The molecule has 1 saturated heterocycles. The van der Waals surface area contributed by atoms with Gasteiger partial charge >= 0.3 is 0 Å². The van der Waals surface area contributed by atoms with Gasteiger partial charge in [0, 0.05) is 26.6 Å². The molecule has 3 N–H and O–H groups in total. The van der Waals surface area contributed by atoms with Crippen molar-refractivity contribution in [3.63, 3.8) is 0 Å². The summed E-state index contributed by atoms with van der Waals surface area (Å²) in [6, 6.07) is 6.28. The number of likely N-dealkylation sites (tertiary alicyclic amines) is 1. The van der Waals surface area contributed by atoms with Crippen molar-refractivity contribution in [3.05, 3.63) is 29.8 Å². The molecule has 0 saturated carbocycles. The smallest absolute Gasteiger partial charge is 0.238 e. The van der Waals surface area contributed by atoms with Crippen LogP contribution in [0.3, 0.4) is 0 Å². The van der Waals surface area contributed by atoms with E-state index in [-0.39, 0.29) is 22.6 Å². The van der Waals surface area contributed by atoms with Crippen molar-refractivity contribution in [2.24, 2.45) is 11.1 Å². The van der Waals surface area contributed by atoms with Gasteiger partial charge < -0.3 is 10.2 Å². The van der Waals surface area contributed by atoms with E-state index in [2.05, 4.69) is 5.32 Å². The maximum Gasteiger partial charge on any atom is 0.238 e. The number of carbonyl (C=O) groups is 2. The number of nitrogens with two attached hydrogens (primary N) is 1. The van der Waals surface area contributed by atoms with Gasteiger partial charge in [0.1, 0.15) is 0 Å². The van der Waals surface area contributed by atoms with Crippen molar-refractivity contribution in [2.45, 2.75) is 31.1 Å². The molecular formula is C16H23N3O4S. The molecule has 0 spiro atoms. The van der Waals surface area contributed by atoms with Crippen LogP contribution < -0.4 is 10.5 Å². The highest BCUT2D eigenvalue weighted by Gasteiger charge is 2.26. The highest BCUT2D eigenvalue weighted by molar-refractivity contribution is 7.89. The number of nitrogens with one attached hydrogen (secondary N) is 1. The van der Waals surface area contributed by atoms with Crippen molar-refractivity contribution in [2.75, 3.05) is 19.6 Å². The molecule has 1 aliphatic heterocycles. The van der Waals surface area contributed by atoms with Crippen LogP contribution in [0, 0.1) is 5.92 Å². The Kier molecular flexibility index (Phi) is 5.95. The lowest BCUT2D eigenvalue weighted by atomic mass is 9.97. The quantitative estimate of drug-likeness (QED) is 0.791. The van der Waals surface area contributed by atoms with Crippen molar-refractivity contribution in [1.82, 2.24) is 10.2 Å². The van der Waals surface area contributed by atoms with Gasteiger partial charge in [-0.2, -0.15) is 0 Å². The average molecular weight is 353 g/mol. The maximum absolute atomic E-state index is 12.2. The number of amides is 2. The Labute approximate surface area is 142 Å². The number of benzene rings is 1. The molecule has 1 atom stereocenters. The summed E-state index contributed by atoms with van der Waals surface area (Å²) in [5.74, 6) is -0.197. The normalized spacial score (nSPS) is 18.2. The standard InChI is InChI=1S/C16H23N3O4S/c1-12(20)19-10-2-3-14(11-19)16(21)18-9-8-13-4-6-15(7-5-13)24(17,22)23/h4-7,14H,2-3,8-11H2,1H3,(H,18,21)(H2,17,22,23)/t14-/m0/s1. The summed E-state index contributed by atoms with van der Waals surface area (Å²) >= 11 is 0. The molecule has 24 heavy (non-hydrogen) atoms. The van der Waals surface area contributed by atoms with Crippen LogP contribution in [-0.4, -0.2) is 44.8 Å². The largest absolute Gasteiger partial charge is 0.355 e. The van der Waals surface area contributed by atoms with E-state index < -0.39 is 10.0 Å². The Morgan fingerprint density at radius 2 is 1.96 bits per heavy atom. The summed E-state index contributed by atoms with van der Waals surface area (Å²) in [5.41, 5.74) is 0.914. The van der Waals surface area contributed by atoms with Gasteiger partial charge in [0.05, 0.1) is 10.8 Å². The lowest BCUT2D eigenvalue weighted by Crippen LogP contribution is -2.45. The van der Waals surface area contributed by atoms with E-state index in [4.69, 9.17) is 5.14 Å². The van der Waals surface area contributed by atoms with E-state index in [9.17, 15) is 18.0 Å². The summed E-state index contributed by atoms with van der Waals surface area (Å²) in [6.07, 6.45) is 2.23. The van der Waals surface area contributed by atoms with E-state index in [1.165, 1.54) is 19.1 Å². The first-order valence-corrected chi connectivity index (χ1v) is 9.47. The summed E-state index contributed by atoms with van der Waals surface area (Å²) in [4.78, 5) is 25.4. The molecule has 1 aromatic carbocycles. The van der Waals surface area contributed by atoms with Gasteiger partial charge in [-0.3, -0.25) is 9.59 Å². The first-order chi connectivity index (χ1) is 11.3. The molecule has 1 heterocycles. The third-order valence-corrected chi connectivity index (χ3v) is 5.13. The van der Waals surface area contributed by atoms with Gasteiger partial charge in [-0.15, -0.1) is 0 Å². The number of rotatable bonds is 5. The third kappa shape index (κ3) is 5.04. The van der Waals surface area contributed by atoms with Gasteiger partial charge in [0.2, 0.25) is 21.8 Å². The maximum atomic E-state index is 12.2. The van der Waals surface area contributed by atoms with Crippen LogP contribution in [0.1, 0.15) is 25.3 Å². The van der Waals surface area contributed by atoms with Crippen LogP contribution in [-0.2, 0) is 26.0 Å². The molecular weight excluding hydrogens is 330 g/mol. The van der Waals surface area contributed by atoms with Gasteiger partial charge in [0.25, 0.3) is 0 Å². The van der Waals surface area contributed by atoms with Crippen LogP contribution in [0.5, 0.6) is 0 Å². The van der Waals surface area contributed by atoms with E-state index in [0.29, 0.717) is 19.5 Å². The minimum Gasteiger partial charge on any atom is -0.355 e. The zero-order chi connectivity index (χ0) is 17.7. The summed E-state index contributed by atoms with van der Waals surface area (Å²) < 4.78 is 22.4. The lowest BCUT2D eigenvalue weighted by Gasteiger charge is -2.31. The Morgan fingerprint density at radius 3 is 2.54 bits per heavy atom. The van der Waals surface area contributed by atoms with Crippen molar-refractivity contribution in [1.29, 1.82) is 0 Å². The Hall–Kier alpha value is -1.93. The van der Waals surface area contributed by atoms with Gasteiger partial charge in [-0.25, -0.2) is 13.6 Å². The molecule has 132 valence electrons. The van der Waals surface area contributed by atoms with Crippen molar-refractivity contribution in [3.8, 4) is 0 Å². The first-order valence-electron chi connectivity index (χ1n) is 7.92. The van der Waals surface area contributed by atoms with Crippen LogP contribution in [0.15, 0.2) is 29.2 Å². The first kappa shape index (κ1) is 18.4. The number of hydrogen-bond acceptors (Lipinski definition) is 4. The predicted octanol–water partition coefficient (Wildman–Crippen LogP) is 0.251. The highest BCUT2D eigenvalue weighted by atomic mass is 32.2. The number of carbonyl (C=O) groups excluding carboxylic acids is 2. The summed E-state index contributed by atoms with van der Waals surface area (Å²) in [5, 5.41) is 7.93. The zero-order valence-corrected chi connectivity index (χ0v) is 14.5. The second-order valence-corrected chi connectivity index (χ2v) is 7.60. The fourth-order valence-electron chi connectivity index (χ4n) is 2.80. The monoisotopic (exact) mass is 353 g/mol. The van der Waals surface area contributed by atoms with Gasteiger partial charge in [-0.1, -0.05) is 12.1 Å². The van der Waals surface area contributed by atoms with E-state index in [1.807, 2.05) is 0 Å². The van der Waals surface area contributed by atoms with Crippen molar-refractivity contribution >= 4 is 21.8 Å². The van der Waals surface area contributed by atoms with Crippen LogP contribution >= 0.6 is 0 Å². The molecule has 0 radical (unpaired) electrons. The van der Waals surface area contributed by atoms with Crippen LogP contribution in [0.25, 0.3) is 0 Å². The minimum atomic E-state index is -3.68. The van der Waals surface area contributed by atoms with Crippen molar-refractivity contribution < 1.29 is 18.0 Å². The van der Waals surface area contributed by atoms with Crippen LogP contribution in [0.2, 0.25) is 0 Å². The van der Waals surface area contributed by atoms with Gasteiger partial charge in [0.15, 0.2) is 0 Å². The zero-order valence-electron chi connectivity index (χ0n) is 13.7. The SMILES string of the molecule is CC(=O)N1CCC[C@H](C(=O)NCCc2ccc(S(N)(=O)=O)cc2)C1. The molecule has 0 bridgehead atoms. The lowest BCUT2D eigenvalue weighted by molar-refractivity contribution is -0.133. The molecule has 0 aliphatic carbocycles. The third-order valence-electron chi connectivity index (χ3n) is 4.20. The molecule has 0 unspecified atom stereocenters. The molecule has 2 rings (SSSR count). The number of sulfonamides is 1. The molecule has 0 aromatic heterocycles. The fraction of sp³-hybridized carbons (Fsp3) is 0.500. The number of nitrogens with zero attached hydrogens (tertiary/aromatic N) is 1. The Bertz CT molecular complexity index is 701. The predicted molar refractivity (Wildman–Crippen MR) is 89.5 cm³/mol. The van der Waals surface area contributed by atoms with E-state index in [0.717, 1.165) is 24.9 Å². The average Bonchev–Trinajstić information content (AvgIpc) is 2.54. The Morgan fingerprint density at radius 1 is 1.29 bits per heavy atom. The molecule has 8 heteroatoms. The Balaban J connectivity index is 1.81. The molecule has 1 aliphatic rings.